The third-order valence-electron chi connectivity index (χ3n) is 8.10. The lowest BCUT2D eigenvalue weighted by atomic mass is 9.61. The van der Waals surface area contributed by atoms with Crippen LogP contribution in [0.5, 0.6) is 0 Å². The van der Waals surface area contributed by atoms with E-state index in [1.165, 1.54) is 11.1 Å². The van der Waals surface area contributed by atoms with Crippen molar-refractivity contribution in [2.24, 2.45) is 22.1 Å². The second kappa shape index (κ2) is 12.5. The molecule has 1 amide bonds. The van der Waals surface area contributed by atoms with Crippen molar-refractivity contribution in [3.8, 4) is 0 Å². The number of aliphatic imine (C=N–C) groups is 1. The van der Waals surface area contributed by atoms with Crippen molar-refractivity contribution in [2.75, 3.05) is 20.3 Å². The first-order valence-electron chi connectivity index (χ1n) is 13.9. The Morgan fingerprint density at radius 1 is 1.23 bits per heavy atom. The van der Waals surface area contributed by atoms with Gasteiger partial charge >= 0.3 is 12.1 Å². The number of guanidine groups is 1. The van der Waals surface area contributed by atoms with Gasteiger partial charge in [0.1, 0.15) is 0 Å². The van der Waals surface area contributed by atoms with E-state index in [-0.39, 0.29) is 23.5 Å². The number of halogens is 3. The second-order valence-electron chi connectivity index (χ2n) is 11.7. The lowest BCUT2D eigenvalue weighted by Crippen LogP contribution is -2.52. The smallest absolute Gasteiger partial charge is 0.475 e. The molecule has 3 aliphatic rings. The highest BCUT2D eigenvalue weighted by Crippen LogP contribution is 2.62. The molecule has 11 heteroatoms. The van der Waals surface area contributed by atoms with Gasteiger partial charge < -0.3 is 20.3 Å². The number of aryl methyl sites for hydroxylation is 1. The molecule has 2 aliphatic carbocycles. The number of carboxylic acids is 1. The summed E-state index contributed by atoms with van der Waals surface area (Å²) in [6.45, 7) is 9.56. The van der Waals surface area contributed by atoms with E-state index in [0.29, 0.717) is 25.0 Å². The predicted molar refractivity (Wildman–Crippen MR) is 145 cm³/mol. The molecule has 1 aromatic carbocycles. The van der Waals surface area contributed by atoms with Crippen LogP contribution in [0.3, 0.4) is 0 Å². The zero-order chi connectivity index (χ0) is 29.9. The van der Waals surface area contributed by atoms with E-state index >= 15 is 0 Å². The first kappa shape index (κ1) is 31.9. The Balaban J connectivity index is 0.000000559. The van der Waals surface area contributed by atoms with Crippen molar-refractivity contribution in [1.82, 2.24) is 4.90 Å². The summed E-state index contributed by atoms with van der Waals surface area (Å²) in [5, 5.41) is 7.12. The fourth-order valence-corrected chi connectivity index (χ4v) is 6.21. The third kappa shape index (κ3) is 6.46. The number of rotatable bonds is 8. The Morgan fingerprint density at radius 2 is 1.85 bits per heavy atom. The molecule has 1 heterocycles. The van der Waals surface area contributed by atoms with Crippen molar-refractivity contribution >= 4 is 17.8 Å². The van der Waals surface area contributed by atoms with Crippen LogP contribution in [0, 0.1) is 11.3 Å². The molecular formula is C29H42F3N3O5. The normalized spacial score (nSPS) is 25.9. The Morgan fingerprint density at radius 3 is 2.38 bits per heavy atom. The zero-order valence-electron chi connectivity index (χ0n) is 24.0. The largest absolute Gasteiger partial charge is 0.490 e. The van der Waals surface area contributed by atoms with E-state index in [0.717, 1.165) is 50.5 Å². The number of carboxylic acid groups (broad SMARTS) is 1. The highest BCUT2D eigenvalue weighted by Gasteiger charge is 2.66. The van der Waals surface area contributed by atoms with Gasteiger partial charge in [-0.1, -0.05) is 32.0 Å². The Kier molecular flexibility index (Phi) is 9.93. The summed E-state index contributed by atoms with van der Waals surface area (Å²) in [7, 11) is 1.65. The van der Waals surface area contributed by atoms with Crippen LogP contribution in [0.1, 0.15) is 76.5 Å². The van der Waals surface area contributed by atoms with Crippen LogP contribution in [-0.2, 0) is 37.4 Å². The molecule has 2 spiro atoms. The van der Waals surface area contributed by atoms with Crippen molar-refractivity contribution in [3.63, 3.8) is 0 Å². The minimum Gasteiger partial charge on any atom is -0.475 e. The number of nitrogens with zero attached hydrogens (tertiary/aromatic N) is 2. The average Bonchev–Trinajstić information content (AvgIpc) is 3.28. The predicted octanol–water partition coefficient (Wildman–Crippen LogP) is 4.82. The lowest BCUT2D eigenvalue weighted by molar-refractivity contribution is -0.192. The number of nitrogens with two attached hydrogens (primary N) is 1. The van der Waals surface area contributed by atoms with Crippen LogP contribution in [0.2, 0.25) is 0 Å². The van der Waals surface area contributed by atoms with Crippen LogP contribution in [0.25, 0.3) is 0 Å². The maximum atomic E-state index is 14.2. The number of ether oxygens (including phenoxy) is 2. The van der Waals surface area contributed by atoms with Crippen molar-refractivity contribution in [3.05, 3.63) is 34.9 Å². The SMILES string of the molecule is COCCN1C(=O)C2(N=C1N)c1cc(CCC(C)C)ccc1CC21CCC(OC(C)C)CC1.O=C(O)C(F)(F)F. The number of aliphatic carboxylic acids is 1. The number of benzene rings is 1. The molecule has 1 atom stereocenters. The fourth-order valence-electron chi connectivity index (χ4n) is 6.21. The standard InChI is InChI=1S/C27H41N3O3.C2HF3O2/c1-18(2)6-7-20-8-9-21-17-26(12-10-22(11-13-26)33-19(3)4)27(23(21)16-20)24(31)30(14-15-32-5)25(28)29-27;3-2(4,5)1(6)7/h8-9,16,18-19,22H,6-7,10-15,17H2,1-5H3,(H2,28,29);(H,6,7). The first-order valence-corrected chi connectivity index (χ1v) is 13.9. The summed E-state index contributed by atoms with van der Waals surface area (Å²) in [6.07, 6.45) is 2.14. The van der Waals surface area contributed by atoms with E-state index in [1.54, 1.807) is 12.0 Å². The van der Waals surface area contributed by atoms with Crippen molar-refractivity contribution < 1.29 is 37.3 Å². The molecule has 1 saturated carbocycles. The number of hydrogen-bond acceptors (Lipinski definition) is 6. The number of fused-ring (bicyclic) bond motifs is 3. The molecule has 1 unspecified atom stereocenters. The van der Waals surface area contributed by atoms with Gasteiger partial charge in [0.25, 0.3) is 5.91 Å². The summed E-state index contributed by atoms with van der Waals surface area (Å²) in [5.41, 5.74) is 8.88. The van der Waals surface area contributed by atoms with Gasteiger partial charge in [0.05, 0.1) is 25.4 Å². The molecule has 3 N–H and O–H groups in total. The Hall–Kier alpha value is -2.66. The number of carbonyl (C=O) groups excluding carboxylic acids is 1. The summed E-state index contributed by atoms with van der Waals surface area (Å²) < 4.78 is 43.1. The molecule has 8 nitrogen and oxygen atoms in total. The van der Waals surface area contributed by atoms with Crippen LogP contribution >= 0.6 is 0 Å². The van der Waals surface area contributed by atoms with Gasteiger partial charge in [-0.2, -0.15) is 13.2 Å². The zero-order valence-corrected chi connectivity index (χ0v) is 24.0. The molecule has 4 rings (SSSR count). The Bertz CT molecular complexity index is 1100. The maximum Gasteiger partial charge on any atom is 0.490 e. The third-order valence-corrected chi connectivity index (χ3v) is 8.10. The van der Waals surface area contributed by atoms with Gasteiger partial charge in [-0.3, -0.25) is 9.69 Å². The number of amides is 1. The monoisotopic (exact) mass is 569 g/mol. The van der Waals surface area contributed by atoms with Crippen LogP contribution in [0.4, 0.5) is 13.2 Å². The van der Waals surface area contributed by atoms with Crippen molar-refractivity contribution in [1.29, 1.82) is 0 Å². The molecule has 0 radical (unpaired) electrons. The highest BCUT2D eigenvalue weighted by molar-refractivity contribution is 6.08. The molecule has 1 fully saturated rings. The second-order valence-corrected chi connectivity index (χ2v) is 11.7. The molecular weight excluding hydrogens is 527 g/mol. The summed E-state index contributed by atoms with van der Waals surface area (Å²) >= 11 is 0. The Labute approximate surface area is 234 Å². The number of carbonyl (C=O) groups is 2. The topological polar surface area (TPSA) is 114 Å². The lowest BCUT2D eigenvalue weighted by Gasteiger charge is -2.45. The van der Waals surface area contributed by atoms with E-state index in [9.17, 15) is 18.0 Å². The van der Waals surface area contributed by atoms with E-state index in [2.05, 4.69) is 45.9 Å². The fraction of sp³-hybridized carbons (Fsp3) is 0.690. The van der Waals surface area contributed by atoms with Gasteiger partial charge in [0.2, 0.25) is 0 Å². The van der Waals surface area contributed by atoms with Gasteiger partial charge in [0, 0.05) is 12.5 Å². The van der Waals surface area contributed by atoms with E-state index in [4.69, 9.17) is 30.1 Å². The minimum absolute atomic E-state index is 0.0278. The van der Waals surface area contributed by atoms with E-state index in [1.807, 2.05) is 0 Å². The number of alkyl halides is 3. The summed E-state index contributed by atoms with van der Waals surface area (Å²) in [4.78, 5) is 29.8. The highest BCUT2D eigenvalue weighted by atomic mass is 19.4. The van der Waals surface area contributed by atoms with Crippen molar-refractivity contribution in [2.45, 2.75) is 96.6 Å². The molecule has 224 valence electrons. The molecule has 0 saturated heterocycles. The first-order chi connectivity index (χ1) is 18.7. The molecule has 1 aromatic rings. The summed E-state index contributed by atoms with van der Waals surface area (Å²) in [6, 6.07) is 6.75. The quantitative estimate of drug-likeness (QED) is 0.464. The molecule has 0 aromatic heterocycles. The van der Waals surface area contributed by atoms with Gasteiger partial charge in [-0.15, -0.1) is 0 Å². The van der Waals surface area contributed by atoms with Gasteiger partial charge in [0.15, 0.2) is 11.5 Å². The van der Waals surface area contributed by atoms with Crippen LogP contribution < -0.4 is 5.73 Å². The molecule has 40 heavy (non-hydrogen) atoms. The molecule has 0 bridgehead atoms. The average molecular weight is 570 g/mol. The van der Waals surface area contributed by atoms with Crippen LogP contribution in [-0.4, -0.2) is 66.5 Å². The minimum atomic E-state index is -5.08. The van der Waals surface area contributed by atoms with E-state index < -0.39 is 17.7 Å². The number of hydrogen-bond donors (Lipinski definition) is 2. The number of methoxy groups -OCH3 is 1. The molecule has 1 aliphatic heterocycles. The van der Waals surface area contributed by atoms with Crippen LogP contribution in [0.15, 0.2) is 23.2 Å². The van der Waals surface area contributed by atoms with Gasteiger partial charge in [-0.25, -0.2) is 9.79 Å². The van der Waals surface area contributed by atoms with Gasteiger partial charge in [-0.05, 0) is 81.4 Å². The maximum absolute atomic E-state index is 14.2. The summed E-state index contributed by atoms with van der Waals surface area (Å²) in [5.74, 6) is -1.76.